The number of benzene rings is 3. The SMILES string of the molecule is CCNC(=O)[C@@H](Cc1ccccc1)N(Cc1ccc(Cl)cc1Cl)C(=O)CSCc1ccc(OC)cc1. The van der Waals surface area contributed by atoms with Crippen molar-refractivity contribution >= 4 is 46.8 Å². The zero-order valence-corrected chi connectivity index (χ0v) is 22.7. The number of ether oxygens (including phenoxy) is 1. The van der Waals surface area contributed by atoms with Crippen LogP contribution in [0.2, 0.25) is 10.0 Å². The van der Waals surface area contributed by atoms with E-state index >= 15 is 0 Å². The third-order valence-corrected chi connectivity index (χ3v) is 7.21. The van der Waals surface area contributed by atoms with Gasteiger partial charge in [0.25, 0.3) is 0 Å². The maximum absolute atomic E-state index is 13.6. The van der Waals surface area contributed by atoms with Gasteiger partial charge in [-0.25, -0.2) is 0 Å². The number of thioether (sulfide) groups is 1. The predicted octanol–water partition coefficient (Wildman–Crippen LogP) is 6.01. The predicted molar refractivity (Wildman–Crippen MR) is 149 cm³/mol. The number of hydrogen-bond acceptors (Lipinski definition) is 4. The van der Waals surface area contributed by atoms with Crippen LogP contribution >= 0.6 is 35.0 Å². The number of rotatable bonds is 12. The Bertz CT molecular complexity index is 1140. The molecule has 0 saturated carbocycles. The van der Waals surface area contributed by atoms with Crippen LogP contribution in [0.5, 0.6) is 5.75 Å². The standard InChI is InChI=1S/C28H30Cl2N2O3S/c1-3-31-28(34)26(15-20-7-5-4-6-8-20)32(17-22-11-12-23(29)16-25(22)30)27(33)19-36-18-21-9-13-24(35-2)14-10-21/h4-14,16,26H,3,15,17-19H2,1-2H3,(H,31,34)/t26-/m1/s1. The molecule has 0 aromatic heterocycles. The van der Waals surface area contributed by atoms with E-state index in [4.69, 9.17) is 27.9 Å². The fraction of sp³-hybridized carbons (Fsp3) is 0.286. The van der Waals surface area contributed by atoms with Gasteiger partial charge in [0.1, 0.15) is 11.8 Å². The Labute approximate surface area is 227 Å². The highest BCUT2D eigenvalue weighted by molar-refractivity contribution is 7.99. The van der Waals surface area contributed by atoms with Gasteiger partial charge in [0.15, 0.2) is 0 Å². The van der Waals surface area contributed by atoms with Crippen molar-refractivity contribution in [2.75, 3.05) is 19.4 Å². The van der Waals surface area contributed by atoms with Crippen molar-refractivity contribution in [3.8, 4) is 5.75 Å². The average molecular weight is 546 g/mol. The van der Waals surface area contributed by atoms with Crippen molar-refractivity contribution in [2.24, 2.45) is 0 Å². The first-order valence-electron chi connectivity index (χ1n) is 11.7. The van der Waals surface area contributed by atoms with Crippen LogP contribution in [0, 0.1) is 0 Å². The Morgan fingerprint density at radius 3 is 2.36 bits per heavy atom. The Morgan fingerprint density at radius 1 is 1.00 bits per heavy atom. The van der Waals surface area contributed by atoms with Gasteiger partial charge in [-0.1, -0.05) is 71.7 Å². The number of halogens is 2. The van der Waals surface area contributed by atoms with E-state index in [-0.39, 0.29) is 24.1 Å². The molecular weight excluding hydrogens is 515 g/mol. The average Bonchev–Trinajstić information content (AvgIpc) is 2.88. The second-order valence-electron chi connectivity index (χ2n) is 8.20. The molecule has 1 atom stereocenters. The maximum Gasteiger partial charge on any atom is 0.243 e. The van der Waals surface area contributed by atoms with Gasteiger partial charge in [0.05, 0.1) is 12.9 Å². The van der Waals surface area contributed by atoms with Gasteiger partial charge in [-0.3, -0.25) is 9.59 Å². The van der Waals surface area contributed by atoms with Crippen LogP contribution < -0.4 is 10.1 Å². The van der Waals surface area contributed by atoms with Gasteiger partial charge in [-0.2, -0.15) is 0 Å². The zero-order valence-electron chi connectivity index (χ0n) is 20.4. The summed E-state index contributed by atoms with van der Waals surface area (Å²) in [5, 5.41) is 3.87. The molecule has 0 radical (unpaired) electrons. The van der Waals surface area contributed by atoms with Crippen molar-refractivity contribution in [3.63, 3.8) is 0 Å². The molecule has 0 aliphatic rings. The second-order valence-corrected chi connectivity index (χ2v) is 10.0. The first-order valence-corrected chi connectivity index (χ1v) is 13.6. The second kappa shape index (κ2) is 14.2. The summed E-state index contributed by atoms with van der Waals surface area (Å²) >= 11 is 14.0. The van der Waals surface area contributed by atoms with Gasteiger partial charge in [-0.15, -0.1) is 11.8 Å². The molecule has 0 aliphatic carbocycles. The van der Waals surface area contributed by atoms with Crippen LogP contribution in [0.25, 0.3) is 0 Å². The van der Waals surface area contributed by atoms with Crippen molar-refractivity contribution in [3.05, 3.63) is 99.5 Å². The minimum atomic E-state index is -0.687. The molecule has 5 nitrogen and oxygen atoms in total. The molecule has 0 heterocycles. The van der Waals surface area contributed by atoms with Gasteiger partial charge in [-0.05, 0) is 47.9 Å². The summed E-state index contributed by atoms with van der Waals surface area (Å²) in [5.74, 6) is 1.35. The lowest BCUT2D eigenvalue weighted by atomic mass is 10.0. The minimum Gasteiger partial charge on any atom is -0.497 e. The monoisotopic (exact) mass is 544 g/mol. The van der Waals surface area contributed by atoms with Crippen LogP contribution in [-0.2, 0) is 28.3 Å². The van der Waals surface area contributed by atoms with Crippen LogP contribution in [0.4, 0.5) is 0 Å². The molecule has 36 heavy (non-hydrogen) atoms. The summed E-state index contributed by atoms with van der Waals surface area (Å²) < 4.78 is 5.21. The summed E-state index contributed by atoms with van der Waals surface area (Å²) in [7, 11) is 1.63. The Hall–Kier alpha value is -2.67. The zero-order chi connectivity index (χ0) is 25.9. The Balaban J connectivity index is 1.83. The highest BCUT2D eigenvalue weighted by atomic mass is 35.5. The molecule has 0 unspecified atom stereocenters. The highest BCUT2D eigenvalue weighted by Crippen LogP contribution is 2.25. The Kier molecular flexibility index (Phi) is 11.0. The van der Waals surface area contributed by atoms with Crippen LogP contribution in [-0.4, -0.2) is 42.2 Å². The first kappa shape index (κ1) is 27.9. The van der Waals surface area contributed by atoms with E-state index < -0.39 is 6.04 Å². The Morgan fingerprint density at radius 2 is 1.72 bits per heavy atom. The molecule has 0 spiro atoms. The number of methoxy groups -OCH3 is 1. The highest BCUT2D eigenvalue weighted by Gasteiger charge is 2.30. The van der Waals surface area contributed by atoms with Crippen LogP contribution in [0.3, 0.4) is 0 Å². The molecule has 8 heteroatoms. The number of nitrogens with zero attached hydrogens (tertiary/aromatic N) is 1. The number of nitrogens with one attached hydrogen (secondary N) is 1. The summed E-state index contributed by atoms with van der Waals surface area (Å²) in [6.45, 7) is 2.54. The van der Waals surface area contributed by atoms with Crippen molar-refractivity contribution in [1.29, 1.82) is 0 Å². The normalized spacial score (nSPS) is 11.6. The number of carbonyl (C=O) groups excluding carboxylic acids is 2. The molecule has 1 N–H and O–H groups in total. The van der Waals surface area contributed by atoms with Gasteiger partial charge in [0, 0.05) is 35.3 Å². The summed E-state index contributed by atoms with van der Waals surface area (Å²) in [5.41, 5.74) is 2.79. The van der Waals surface area contributed by atoms with Gasteiger partial charge in [0.2, 0.25) is 11.8 Å². The summed E-state index contributed by atoms with van der Waals surface area (Å²) in [6.07, 6.45) is 0.396. The molecular formula is C28H30Cl2N2O3S. The summed E-state index contributed by atoms with van der Waals surface area (Å²) in [6, 6.07) is 22.0. The van der Waals surface area contributed by atoms with E-state index in [0.29, 0.717) is 28.8 Å². The lowest BCUT2D eigenvalue weighted by molar-refractivity contribution is -0.139. The fourth-order valence-electron chi connectivity index (χ4n) is 3.74. The van der Waals surface area contributed by atoms with E-state index in [2.05, 4.69) is 5.32 Å². The van der Waals surface area contributed by atoms with Crippen LogP contribution in [0.1, 0.15) is 23.6 Å². The van der Waals surface area contributed by atoms with Crippen molar-refractivity contribution < 1.29 is 14.3 Å². The number of carbonyl (C=O) groups is 2. The number of likely N-dealkylation sites (N-methyl/N-ethyl adjacent to an activating group) is 1. The quantitative estimate of drug-likeness (QED) is 0.303. The van der Waals surface area contributed by atoms with Crippen molar-refractivity contribution in [2.45, 2.75) is 31.7 Å². The van der Waals surface area contributed by atoms with Crippen LogP contribution in [0.15, 0.2) is 72.8 Å². The van der Waals surface area contributed by atoms with Crippen molar-refractivity contribution in [1.82, 2.24) is 10.2 Å². The third-order valence-electron chi connectivity index (χ3n) is 5.63. The molecule has 3 aromatic carbocycles. The van der Waals surface area contributed by atoms with Gasteiger partial charge >= 0.3 is 0 Å². The minimum absolute atomic E-state index is 0.133. The molecule has 0 bridgehead atoms. The van der Waals surface area contributed by atoms with E-state index in [9.17, 15) is 9.59 Å². The van der Waals surface area contributed by atoms with Gasteiger partial charge < -0.3 is 15.0 Å². The summed E-state index contributed by atoms with van der Waals surface area (Å²) in [4.78, 5) is 28.4. The molecule has 0 saturated heterocycles. The smallest absolute Gasteiger partial charge is 0.243 e. The third kappa shape index (κ3) is 8.19. The molecule has 3 rings (SSSR count). The first-order chi connectivity index (χ1) is 17.4. The largest absolute Gasteiger partial charge is 0.497 e. The topological polar surface area (TPSA) is 58.6 Å². The molecule has 2 amide bonds. The number of hydrogen-bond donors (Lipinski definition) is 1. The lowest BCUT2D eigenvalue weighted by Crippen LogP contribution is -2.51. The van der Waals surface area contributed by atoms with E-state index in [0.717, 1.165) is 22.4 Å². The van der Waals surface area contributed by atoms with E-state index in [1.54, 1.807) is 30.2 Å². The molecule has 0 aliphatic heterocycles. The van der Waals surface area contributed by atoms with E-state index in [1.807, 2.05) is 61.5 Å². The molecule has 190 valence electrons. The van der Waals surface area contributed by atoms with E-state index in [1.165, 1.54) is 11.8 Å². The molecule has 3 aromatic rings. The number of amides is 2. The maximum atomic E-state index is 13.6. The lowest BCUT2D eigenvalue weighted by Gasteiger charge is -2.31. The molecule has 0 fully saturated rings. The fourth-order valence-corrected chi connectivity index (χ4v) is 5.08.